The zero-order chi connectivity index (χ0) is 12.8. The van der Waals surface area contributed by atoms with Gasteiger partial charge in [-0.05, 0) is 16.7 Å². The van der Waals surface area contributed by atoms with E-state index in [0.717, 1.165) is 16.7 Å². The van der Waals surface area contributed by atoms with Crippen LogP contribution in [0.15, 0.2) is 48.5 Å². The van der Waals surface area contributed by atoms with E-state index in [2.05, 4.69) is 0 Å². The van der Waals surface area contributed by atoms with Gasteiger partial charge in [0.1, 0.15) is 0 Å². The minimum Gasteiger partial charge on any atom is -0.371 e. The molecule has 0 bridgehead atoms. The largest absolute Gasteiger partial charge is 0.371 e. The standard InChI is InChI=1S/C14H11O3P/c15-14(18(16)17)9-10-5-1-2-6-11(10)12-7-3-4-8-13(12)14/h1-8,15H,9H2. The van der Waals surface area contributed by atoms with E-state index in [0.29, 0.717) is 5.56 Å². The highest BCUT2D eigenvalue weighted by atomic mass is 31.1. The summed E-state index contributed by atoms with van der Waals surface area (Å²) in [4.78, 5) is 0. The molecule has 2 aromatic rings. The minimum atomic E-state index is -2.96. The second-order valence-electron chi connectivity index (χ2n) is 4.45. The number of rotatable bonds is 1. The molecule has 1 unspecified atom stereocenters. The van der Waals surface area contributed by atoms with Crippen molar-refractivity contribution in [1.29, 1.82) is 0 Å². The molecule has 0 saturated heterocycles. The minimum absolute atomic E-state index is 0.110. The first-order valence-corrected chi connectivity index (χ1v) is 6.85. The molecule has 0 heterocycles. The molecule has 3 nitrogen and oxygen atoms in total. The van der Waals surface area contributed by atoms with Gasteiger partial charge in [0.2, 0.25) is 5.34 Å². The fourth-order valence-corrected chi connectivity index (χ4v) is 3.22. The summed E-state index contributed by atoms with van der Waals surface area (Å²) in [5, 5.41) is 8.66. The van der Waals surface area contributed by atoms with Crippen LogP contribution in [0, 0.1) is 0 Å². The first-order chi connectivity index (χ1) is 8.63. The summed E-state index contributed by atoms with van der Waals surface area (Å²) in [5.74, 6) is 0. The molecule has 0 amide bonds. The van der Waals surface area contributed by atoms with Gasteiger partial charge in [-0.3, -0.25) is 0 Å². The first kappa shape index (κ1) is 11.4. The van der Waals surface area contributed by atoms with Crippen LogP contribution in [0.5, 0.6) is 0 Å². The summed E-state index contributed by atoms with van der Waals surface area (Å²) in [6.07, 6.45) is 0.110. The fourth-order valence-electron chi connectivity index (χ4n) is 2.53. The Balaban J connectivity index is 2.36. The van der Waals surface area contributed by atoms with Crippen LogP contribution in [0.2, 0.25) is 0 Å². The number of hydrogen-bond donors (Lipinski definition) is 1. The van der Waals surface area contributed by atoms with Gasteiger partial charge in [-0.2, -0.15) is 0 Å². The molecule has 1 aliphatic carbocycles. The smallest absolute Gasteiger partial charge is 0.353 e. The van der Waals surface area contributed by atoms with E-state index in [1.54, 1.807) is 12.1 Å². The van der Waals surface area contributed by atoms with Crippen molar-refractivity contribution in [2.45, 2.75) is 11.8 Å². The highest BCUT2D eigenvalue weighted by molar-refractivity contribution is 7.32. The maximum atomic E-state index is 11.4. The Labute approximate surface area is 105 Å². The van der Waals surface area contributed by atoms with Crippen LogP contribution in [0.1, 0.15) is 11.1 Å². The van der Waals surface area contributed by atoms with Gasteiger partial charge in [-0.1, -0.05) is 48.5 Å². The second-order valence-corrected chi connectivity index (χ2v) is 5.71. The van der Waals surface area contributed by atoms with Gasteiger partial charge < -0.3 is 5.11 Å². The molecule has 0 aromatic heterocycles. The zero-order valence-corrected chi connectivity index (χ0v) is 10.4. The summed E-state index contributed by atoms with van der Waals surface area (Å²) in [7, 11) is -2.96. The van der Waals surface area contributed by atoms with Crippen LogP contribution >= 0.6 is 7.68 Å². The molecule has 1 atom stereocenters. The van der Waals surface area contributed by atoms with Gasteiger partial charge >= 0.3 is 7.68 Å². The molecule has 0 saturated carbocycles. The number of fused-ring (bicyclic) bond motifs is 3. The van der Waals surface area contributed by atoms with E-state index in [9.17, 15) is 14.2 Å². The van der Waals surface area contributed by atoms with Crippen molar-refractivity contribution in [2.75, 3.05) is 0 Å². The summed E-state index contributed by atoms with van der Waals surface area (Å²) in [6, 6.07) is 14.7. The Kier molecular flexibility index (Phi) is 2.47. The van der Waals surface area contributed by atoms with Gasteiger partial charge in [0.25, 0.3) is 0 Å². The Bertz CT molecular complexity index is 683. The Hall–Kier alpha value is -1.70. The molecule has 0 spiro atoms. The monoisotopic (exact) mass is 258 g/mol. The lowest BCUT2D eigenvalue weighted by Gasteiger charge is -2.30. The quantitative estimate of drug-likeness (QED) is 0.799. The van der Waals surface area contributed by atoms with Crippen LogP contribution < -0.4 is 0 Å². The molecule has 4 heteroatoms. The van der Waals surface area contributed by atoms with Crippen LogP contribution in [-0.4, -0.2) is 5.11 Å². The molecular weight excluding hydrogens is 247 g/mol. The third kappa shape index (κ3) is 1.48. The average molecular weight is 258 g/mol. The summed E-state index contributed by atoms with van der Waals surface area (Å²) >= 11 is 0. The SMILES string of the molecule is O=P(=O)C1(O)Cc2ccccc2-c2ccccc21. The van der Waals surface area contributed by atoms with Crippen molar-refractivity contribution in [3.63, 3.8) is 0 Å². The zero-order valence-electron chi connectivity index (χ0n) is 9.54. The van der Waals surface area contributed by atoms with E-state index in [1.807, 2.05) is 36.4 Å². The van der Waals surface area contributed by atoms with E-state index in [4.69, 9.17) is 0 Å². The van der Waals surface area contributed by atoms with Crippen molar-refractivity contribution >= 4 is 7.68 Å². The lowest BCUT2D eigenvalue weighted by atomic mass is 9.83. The molecular formula is C14H11O3P. The lowest BCUT2D eigenvalue weighted by molar-refractivity contribution is 0.121. The molecule has 90 valence electrons. The van der Waals surface area contributed by atoms with Gasteiger partial charge in [-0.25, -0.2) is 9.13 Å². The first-order valence-electron chi connectivity index (χ1n) is 5.67. The highest BCUT2D eigenvalue weighted by Crippen LogP contribution is 2.49. The van der Waals surface area contributed by atoms with Gasteiger partial charge in [0.05, 0.1) is 0 Å². The lowest BCUT2D eigenvalue weighted by Crippen LogP contribution is -2.27. The Morgan fingerprint density at radius 3 is 2.28 bits per heavy atom. The van der Waals surface area contributed by atoms with Crippen molar-refractivity contribution < 1.29 is 14.2 Å². The van der Waals surface area contributed by atoms with Crippen LogP contribution in [0.25, 0.3) is 11.1 Å². The predicted octanol–water partition coefficient (Wildman–Crippen LogP) is 3.23. The van der Waals surface area contributed by atoms with E-state index >= 15 is 0 Å². The third-order valence-corrected chi connectivity index (χ3v) is 4.41. The number of benzene rings is 2. The molecule has 0 radical (unpaired) electrons. The highest BCUT2D eigenvalue weighted by Gasteiger charge is 2.42. The average Bonchev–Trinajstić information content (AvgIpc) is 2.39. The van der Waals surface area contributed by atoms with Gasteiger partial charge in [0, 0.05) is 12.0 Å². The third-order valence-electron chi connectivity index (χ3n) is 3.40. The van der Waals surface area contributed by atoms with Crippen molar-refractivity contribution in [2.24, 2.45) is 0 Å². The maximum absolute atomic E-state index is 11.4. The van der Waals surface area contributed by atoms with Crippen molar-refractivity contribution in [3.05, 3.63) is 59.7 Å². The van der Waals surface area contributed by atoms with Crippen LogP contribution in [0.3, 0.4) is 0 Å². The molecule has 0 aliphatic heterocycles. The summed E-state index contributed by atoms with van der Waals surface area (Å²) < 4.78 is 22.9. The van der Waals surface area contributed by atoms with E-state index in [1.165, 1.54) is 0 Å². The second kappa shape index (κ2) is 3.91. The molecule has 1 N–H and O–H groups in total. The van der Waals surface area contributed by atoms with Crippen LogP contribution in [-0.2, 0) is 20.9 Å². The fraction of sp³-hybridized carbons (Fsp3) is 0.143. The van der Waals surface area contributed by atoms with E-state index in [-0.39, 0.29) is 6.42 Å². The number of aliphatic hydroxyl groups is 1. The molecule has 1 aliphatic rings. The normalized spacial score (nSPS) is 20.9. The predicted molar refractivity (Wildman–Crippen MR) is 67.8 cm³/mol. The molecule has 2 aromatic carbocycles. The summed E-state index contributed by atoms with van der Waals surface area (Å²) in [6.45, 7) is 0. The topological polar surface area (TPSA) is 54.4 Å². The maximum Gasteiger partial charge on any atom is 0.353 e. The Morgan fingerprint density at radius 2 is 1.56 bits per heavy atom. The molecule has 0 fully saturated rings. The number of hydrogen-bond acceptors (Lipinski definition) is 3. The van der Waals surface area contributed by atoms with Crippen molar-refractivity contribution in [3.8, 4) is 11.1 Å². The van der Waals surface area contributed by atoms with Gasteiger partial charge in [-0.15, -0.1) is 0 Å². The van der Waals surface area contributed by atoms with Crippen molar-refractivity contribution in [1.82, 2.24) is 0 Å². The van der Waals surface area contributed by atoms with Gasteiger partial charge in [0.15, 0.2) is 0 Å². The van der Waals surface area contributed by atoms with E-state index < -0.39 is 13.0 Å². The molecule has 18 heavy (non-hydrogen) atoms. The summed E-state index contributed by atoms with van der Waals surface area (Å²) in [5.41, 5.74) is 3.12. The van der Waals surface area contributed by atoms with Crippen LogP contribution in [0.4, 0.5) is 0 Å². The Morgan fingerprint density at radius 1 is 0.944 bits per heavy atom. The molecule has 3 rings (SSSR count).